The molecular weight excluding hydrogens is 384 g/mol. The summed E-state index contributed by atoms with van der Waals surface area (Å²) in [6.07, 6.45) is 7.31. The normalized spacial score (nSPS) is 23.8. The Labute approximate surface area is 177 Å². The number of hydrogen-bond donors (Lipinski definition) is 1. The third-order valence-electron chi connectivity index (χ3n) is 5.80. The molecule has 1 atom stereocenters. The van der Waals surface area contributed by atoms with Crippen LogP contribution in [0.4, 0.5) is 5.95 Å². The molecule has 0 radical (unpaired) electrons. The zero-order valence-electron chi connectivity index (χ0n) is 17.9. The minimum Gasteiger partial charge on any atom is -0.481 e. The van der Waals surface area contributed by atoms with Crippen molar-refractivity contribution in [2.75, 3.05) is 32.8 Å². The van der Waals surface area contributed by atoms with Crippen LogP contribution >= 0.6 is 0 Å². The SMILES string of the molecule is COc1ccc(-c2cnc(NC3CCC(C)CC3)nc2OC2CCOC2)c(OC)n1. The fourth-order valence-corrected chi connectivity index (χ4v) is 3.96. The van der Waals surface area contributed by atoms with Gasteiger partial charge in [0.15, 0.2) is 0 Å². The molecule has 2 aromatic heterocycles. The molecule has 2 fully saturated rings. The van der Waals surface area contributed by atoms with Crippen LogP contribution in [0.2, 0.25) is 0 Å². The van der Waals surface area contributed by atoms with Crippen LogP contribution in [0.3, 0.4) is 0 Å². The summed E-state index contributed by atoms with van der Waals surface area (Å²) in [7, 11) is 3.16. The Balaban J connectivity index is 1.63. The van der Waals surface area contributed by atoms with Crippen molar-refractivity contribution < 1.29 is 18.9 Å². The van der Waals surface area contributed by atoms with Gasteiger partial charge in [0.25, 0.3) is 0 Å². The Bertz CT molecular complexity index is 849. The zero-order chi connectivity index (χ0) is 20.9. The van der Waals surface area contributed by atoms with Crippen molar-refractivity contribution in [2.45, 2.75) is 51.2 Å². The van der Waals surface area contributed by atoms with Crippen LogP contribution in [0.1, 0.15) is 39.0 Å². The molecule has 4 rings (SSSR count). The maximum absolute atomic E-state index is 6.23. The molecule has 1 unspecified atom stereocenters. The lowest BCUT2D eigenvalue weighted by Gasteiger charge is -2.27. The molecule has 1 saturated heterocycles. The Morgan fingerprint density at radius 3 is 2.50 bits per heavy atom. The number of aromatic nitrogens is 3. The Hall–Kier alpha value is -2.61. The van der Waals surface area contributed by atoms with Gasteiger partial charge in [-0.25, -0.2) is 4.98 Å². The lowest BCUT2D eigenvalue weighted by molar-refractivity contribution is 0.138. The molecule has 30 heavy (non-hydrogen) atoms. The number of pyridine rings is 1. The molecule has 8 heteroatoms. The van der Waals surface area contributed by atoms with Crippen molar-refractivity contribution in [1.82, 2.24) is 15.0 Å². The molecule has 0 amide bonds. The van der Waals surface area contributed by atoms with Gasteiger partial charge in [0.2, 0.25) is 23.6 Å². The van der Waals surface area contributed by atoms with E-state index in [9.17, 15) is 0 Å². The fourth-order valence-electron chi connectivity index (χ4n) is 3.96. The quantitative estimate of drug-likeness (QED) is 0.734. The number of ether oxygens (including phenoxy) is 4. The summed E-state index contributed by atoms with van der Waals surface area (Å²) in [4.78, 5) is 13.7. The monoisotopic (exact) mass is 414 g/mol. The standard InChI is InChI=1S/C22H30N4O4/c1-14-4-6-15(7-5-14)24-22-23-12-18(21(26-22)30-16-10-11-29-13-16)17-8-9-19(27-2)25-20(17)28-3/h8-9,12,14-16H,4-7,10-11,13H2,1-3H3,(H,23,24,26). The minimum absolute atomic E-state index is 0.0285. The summed E-state index contributed by atoms with van der Waals surface area (Å²) in [5.74, 6) is 2.81. The van der Waals surface area contributed by atoms with E-state index in [4.69, 9.17) is 23.9 Å². The van der Waals surface area contributed by atoms with E-state index in [1.807, 2.05) is 6.07 Å². The van der Waals surface area contributed by atoms with Crippen LogP contribution in [-0.4, -0.2) is 54.5 Å². The number of anilines is 1. The van der Waals surface area contributed by atoms with Crippen molar-refractivity contribution in [3.05, 3.63) is 18.3 Å². The van der Waals surface area contributed by atoms with Crippen molar-refractivity contribution >= 4 is 5.95 Å². The highest BCUT2D eigenvalue weighted by molar-refractivity contribution is 5.73. The van der Waals surface area contributed by atoms with Gasteiger partial charge in [-0.2, -0.15) is 9.97 Å². The summed E-state index contributed by atoms with van der Waals surface area (Å²) < 4.78 is 22.4. The molecule has 3 heterocycles. The van der Waals surface area contributed by atoms with Crippen LogP contribution in [-0.2, 0) is 4.74 Å². The number of nitrogens with zero attached hydrogens (tertiary/aromatic N) is 3. The highest BCUT2D eigenvalue weighted by atomic mass is 16.5. The molecule has 1 N–H and O–H groups in total. The van der Waals surface area contributed by atoms with Crippen LogP contribution in [0.5, 0.6) is 17.6 Å². The summed E-state index contributed by atoms with van der Waals surface area (Å²) in [5.41, 5.74) is 1.49. The molecule has 0 bridgehead atoms. The molecule has 1 saturated carbocycles. The van der Waals surface area contributed by atoms with Crippen LogP contribution in [0.15, 0.2) is 18.3 Å². The second-order valence-electron chi connectivity index (χ2n) is 8.03. The highest BCUT2D eigenvalue weighted by Crippen LogP contribution is 2.36. The first-order chi connectivity index (χ1) is 14.7. The predicted octanol–water partition coefficient (Wildman–Crippen LogP) is 3.71. The van der Waals surface area contributed by atoms with Gasteiger partial charge >= 0.3 is 0 Å². The van der Waals surface area contributed by atoms with Gasteiger partial charge in [0, 0.05) is 24.7 Å². The summed E-state index contributed by atoms with van der Waals surface area (Å²) in [5, 5.41) is 3.49. The van der Waals surface area contributed by atoms with Gasteiger partial charge in [-0.3, -0.25) is 0 Å². The largest absolute Gasteiger partial charge is 0.481 e. The molecule has 1 aliphatic heterocycles. The summed E-state index contributed by atoms with van der Waals surface area (Å²) >= 11 is 0. The van der Waals surface area contributed by atoms with E-state index in [1.54, 1.807) is 26.5 Å². The Morgan fingerprint density at radius 2 is 1.80 bits per heavy atom. The van der Waals surface area contributed by atoms with Gasteiger partial charge in [-0.15, -0.1) is 0 Å². The van der Waals surface area contributed by atoms with E-state index in [-0.39, 0.29) is 6.10 Å². The molecule has 162 valence electrons. The Kier molecular flexibility index (Phi) is 6.52. The summed E-state index contributed by atoms with van der Waals surface area (Å²) in [6.45, 7) is 3.57. The van der Waals surface area contributed by atoms with E-state index in [1.165, 1.54) is 12.8 Å². The molecular formula is C22H30N4O4. The van der Waals surface area contributed by atoms with Crippen molar-refractivity contribution in [2.24, 2.45) is 5.92 Å². The Morgan fingerprint density at radius 1 is 0.967 bits per heavy atom. The third kappa shape index (κ3) is 4.75. The minimum atomic E-state index is -0.0285. The lowest BCUT2D eigenvalue weighted by Crippen LogP contribution is -2.26. The van der Waals surface area contributed by atoms with Crippen LogP contribution in [0, 0.1) is 5.92 Å². The molecule has 0 aromatic carbocycles. The number of methoxy groups -OCH3 is 2. The maximum atomic E-state index is 6.23. The highest BCUT2D eigenvalue weighted by Gasteiger charge is 2.24. The molecule has 2 aromatic rings. The smallest absolute Gasteiger partial charge is 0.226 e. The van der Waals surface area contributed by atoms with Gasteiger partial charge < -0.3 is 24.3 Å². The molecule has 1 aliphatic carbocycles. The second kappa shape index (κ2) is 9.47. The van der Waals surface area contributed by atoms with E-state index in [0.29, 0.717) is 42.8 Å². The van der Waals surface area contributed by atoms with Gasteiger partial charge in [0.05, 0.1) is 38.6 Å². The van der Waals surface area contributed by atoms with Gasteiger partial charge in [-0.05, 0) is 37.7 Å². The van der Waals surface area contributed by atoms with E-state index in [2.05, 4.69) is 22.2 Å². The van der Waals surface area contributed by atoms with Crippen molar-refractivity contribution in [3.63, 3.8) is 0 Å². The molecule has 0 spiro atoms. The summed E-state index contributed by atoms with van der Waals surface area (Å²) in [6, 6.07) is 4.07. The number of hydrogen-bond acceptors (Lipinski definition) is 8. The predicted molar refractivity (Wildman–Crippen MR) is 113 cm³/mol. The van der Waals surface area contributed by atoms with Gasteiger partial charge in [-0.1, -0.05) is 6.92 Å². The third-order valence-corrected chi connectivity index (χ3v) is 5.80. The van der Waals surface area contributed by atoms with Crippen LogP contribution in [0.25, 0.3) is 11.1 Å². The van der Waals surface area contributed by atoms with Crippen molar-refractivity contribution in [3.8, 4) is 28.8 Å². The van der Waals surface area contributed by atoms with Crippen LogP contribution < -0.4 is 19.5 Å². The fraction of sp³-hybridized carbons (Fsp3) is 0.591. The van der Waals surface area contributed by atoms with E-state index in [0.717, 1.165) is 36.3 Å². The first-order valence-corrected chi connectivity index (χ1v) is 10.6. The lowest BCUT2D eigenvalue weighted by atomic mass is 9.87. The number of nitrogens with one attached hydrogen (secondary N) is 1. The topological polar surface area (TPSA) is 87.6 Å². The first-order valence-electron chi connectivity index (χ1n) is 10.6. The maximum Gasteiger partial charge on any atom is 0.226 e. The molecule has 8 nitrogen and oxygen atoms in total. The second-order valence-corrected chi connectivity index (χ2v) is 8.03. The zero-order valence-corrected chi connectivity index (χ0v) is 17.9. The van der Waals surface area contributed by atoms with E-state index < -0.39 is 0 Å². The van der Waals surface area contributed by atoms with E-state index >= 15 is 0 Å². The average Bonchev–Trinajstić information content (AvgIpc) is 3.28. The first kappa shape index (κ1) is 20.7. The van der Waals surface area contributed by atoms with Gasteiger partial charge in [0.1, 0.15) is 6.10 Å². The van der Waals surface area contributed by atoms with Crippen molar-refractivity contribution in [1.29, 1.82) is 0 Å². The number of rotatable bonds is 7. The molecule has 2 aliphatic rings. The average molecular weight is 415 g/mol.